The summed E-state index contributed by atoms with van der Waals surface area (Å²) in [5.41, 5.74) is 1.42. The van der Waals surface area contributed by atoms with Gasteiger partial charge in [0.15, 0.2) is 0 Å². The molecule has 0 spiro atoms. The molecular weight excluding hydrogens is 252 g/mol. The molecule has 1 aromatic carbocycles. The zero-order valence-corrected chi connectivity index (χ0v) is 12.0. The molecule has 0 unspecified atom stereocenters. The molecule has 0 aliphatic carbocycles. The average Bonchev–Trinajstić information content (AvgIpc) is 2.66. The van der Waals surface area contributed by atoms with E-state index in [9.17, 15) is 14.3 Å². The Labute approximate surface area is 124 Å². The second kappa shape index (κ2) is 6.26. The zero-order valence-electron chi connectivity index (χ0n) is 9.14. The molecule has 0 bridgehead atoms. The summed E-state index contributed by atoms with van der Waals surface area (Å²) < 4.78 is 12.7. The predicted molar refractivity (Wildman–Crippen MR) is 56.2 cm³/mol. The molecule has 2 aromatic rings. The number of thiazole rings is 1. The second-order valence-corrected chi connectivity index (χ2v) is 4.12. The fraction of sp³-hybridized carbons (Fsp3) is 0.0909. The van der Waals surface area contributed by atoms with Crippen molar-refractivity contribution in [3.8, 4) is 11.3 Å². The first-order chi connectivity index (χ1) is 7.65. The summed E-state index contributed by atoms with van der Waals surface area (Å²) in [5, 5.41) is 12.6. The van der Waals surface area contributed by atoms with Crippen molar-refractivity contribution in [1.29, 1.82) is 0 Å². The first-order valence-corrected chi connectivity index (χ1v) is 5.43. The van der Waals surface area contributed by atoms with Gasteiger partial charge in [-0.2, -0.15) is 0 Å². The average molecular weight is 259 g/mol. The Hall–Kier alpha value is -0.750. The van der Waals surface area contributed by atoms with Crippen LogP contribution >= 0.6 is 11.3 Å². The van der Waals surface area contributed by atoms with E-state index in [1.807, 2.05) is 0 Å². The number of nitrogens with zero attached hydrogens (tertiary/aromatic N) is 1. The van der Waals surface area contributed by atoms with Crippen molar-refractivity contribution in [1.82, 2.24) is 4.98 Å². The Morgan fingerprint density at radius 1 is 1.35 bits per heavy atom. The van der Waals surface area contributed by atoms with Gasteiger partial charge in [0.1, 0.15) is 5.82 Å². The van der Waals surface area contributed by atoms with Gasteiger partial charge in [-0.3, -0.25) is 0 Å². The van der Waals surface area contributed by atoms with E-state index in [2.05, 4.69) is 4.98 Å². The quantitative estimate of drug-likeness (QED) is 0.614. The van der Waals surface area contributed by atoms with Crippen LogP contribution < -0.4 is 34.7 Å². The van der Waals surface area contributed by atoms with Crippen LogP contribution in [0.4, 0.5) is 4.39 Å². The minimum Gasteiger partial charge on any atom is -0.550 e. The van der Waals surface area contributed by atoms with Crippen molar-refractivity contribution in [2.45, 2.75) is 6.42 Å². The molecule has 0 aliphatic rings. The predicted octanol–water partition coefficient (Wildman–Crippen LogP) is -1.75. The van der Waals surface area contributed by atoms with Gasteiger partial charge in [-0.05, 0) is 24.3 Å². The first-order valence-electron chi connectivity index (χ1n) is 4.55. The third-order valence-electron chi connectivity index (χ3n) is 1.99. The summed E-state index contributed by atoms with van der Waals surface area (Å²) in [6, 6.07) is 5.89. The van der Waals surface area contributed by atoms with Crippen LogP contribution in [0.5, 0.6) is 0 Å². The van der Waals surface area contributed by atoms with Crippen LogP contribution in [0.1, 0.15) is 5.01 Å². The maximum Gasteiger partial charge on any atom is 1.00 e. The zero-order chi connectivity index (χ0) is 11.5. The molecule has 0 radical (unpaired) electrons. The van der Waals surface area contributed by atoms with E-state index >= 15 is 0 Å². The Bertz CT molecular complexity index is 512. The van der Waals surface area contributed by atoms with Gasteiger partial charge in [-0.25, -0.2) is 9.37 Å². The van der Waals surface area contributed by atoms with Crippen LogP contribution in [0, 0.1) is 5.82 Å². The number of hydrogen-bond donors (Lipinski definition) is 0. The molecule has 17 heavy (non-hydrogen) atoms. The number of carboxylic acids is 1. The van der Waals surface area contributed by atoms with Crippen LogP contribution in [-0.4, -0.2) is 11.0 Å². The van der Waals surface area contributed by atoms with Crippen LogP contribution in [0.15, 0.2) is 29.6 Å². The SMILES string of the molecule is O=C([O-])Cc1nc(-c2ccc(F)cc2)cs1.[Na+]. The number of carbonyl (C=O) groups excluding carboxylic acids is 1. The van der Waals surface area contributed by atoms with E-state index in [0.717, 1.165) is 5.56 Å². The van der Waals surface area contributed by atoms with Gasteiger partial charge < -0.3 is 9.90 Å². The summed E-state index contributed by atoms with van der Waals surface area (Å²) in [4.78, 5) is 14.5. The van der Waals surface area contributed by atoms with Crippen LogP contribution in [0.25, 0.3) is 11.3 Å². The number of halogens is 1. The topological polar surface area (TPSA) is 53.0 Å². The van der Waals surface area contributed by atoms with Gasteiger partial charge in [0, 0.05) is 23.3 Å². The summed E-state index contributed by atoms with van der Waals surface area (Å²) in [7, 11) is 0. The second-order valence-electron chi connectivity index (χ2n) is 3.18. The molecule has 0 fully saturated rings. The maximum atomic E-state index is 12.7. The third kappa shape index (κ3) is 3.89. The van der Waals surface area contributed by atoms with Gasteiger partial charge in [0.05, 0.1) is 10.7 Å². The molecule has 6 heteroatoms. The van der Waals surface area contributed by atoms with Crippen molar-refractivity contribution in [3.05, 3.63) is 40.5 Å². The van der Waals surface area contributed by atoms with Crippen molar-refractivity contribution in [3.63, 3.8) is 0 Å². The Morgan fingerprint density at radius 3 is 2.59 bits per heavy atom. The molecule has 0 N–H and O–H groups in total. The number of aromatic nitrogens is 1. The number of rotatable bonds is 3. The smallest absolute Gasteiger partial charge is 0.550 e. The van der Waals surface area contributed by atoms with Crippen LogP contribution in [0.2, 0.25) is 0 Å². The molecule has 3 nitrogen and oxygen atoms in total. The van der Waals surface area contributed by atoms with E-state index in [-0.39, 0.29) is 41.8 Å². The summed E-state index contributed by atoms with van der Waals surface area (Å²) in [5.74, 6) is -1.46. The number of carboxylic acid groups (broad SMARTS) is 1. The number of benzene rings is 1. The molecule has 0 saturated heterocycles. The Morgan fingerprint density at radius 2 is 2.00 bits per heavy atom. The first kappa shape index (κ1) is 14.3. The normalized spacial score (nSPS) is 9.71. The molecule has 0 amide bonds. The molecule has 82 valence electrons. The summed E-state index contributed by atoms with van der Waals surface area (Å²) in [6.45, 7) is 0. The van der Waals surface area contributed by atoms with E-state index in [4.69, 9.17) is 0 Å². The molecule has 2 rings (SSSR count). The fourth-order valence-electron chi connectivity index (χ4n) is 1.27. The standard InChI is InChI=1S/C11H8FNO2S.Na/c12-8-3-1-7(2-4-8)9-6-16-10(13-9)5-11(14)15;/h1-4,6H,5H2,(H,14,15);/q;+1/p-1. The van der Waals surface area contributed by atoms with Crippen LogP contribution in [-0.2, 0) is 11.2 Å². The number of hydrogen-bond acceptors (Lipinski definition) is 4. The fourth-order valence-corrected chi connectivity index (χ4v) is 2.06. The third-order valence-corrected chi connectivity index (χ3v) is 2.84. The summed E-state index contributed by atoms with van der Waals surface area (Å²) >= 11 is 1.25. The van der Waals surface area contributed by atoms with Crippen molar-refractivity contribution >= 4 is 17.3 Å². The molecule has 0 saturated carbocycles. The van der Waals surface area contributed by atoms with Crippen molar-refractivity contribution in [2.24, 2.45) is 0 Å². The van der Waals surface area contributed by atoms with Crippen molar-refractivity contribution in [2.75, 3.05) is 0 Å². The van der Waals surface area contributed by atoms with E-state index in [0.29, 0.717) is 10.7 Å². The van der Waals surface area contributed by atoms with Gasteiger partial charge in [-0.1, -0.05) is 0 Å². The van der Waals surface area contributed by atoms with Gasteiger partial charge in [-0.15, -0.1) is 11.3 Å². The molecule has 0 atom stereocenters. The van der Waals surface area contributed by atoms with E-state index in [1.54, 1.807) is 17.5 Å². The van der Waals surface area contributed by atoms with E-state index < -0.39 is 5.97 Å². The Balaban J connectivity index is 0.00000144. The van der Waals surface area contributed by atoms with Gasteiger partial charge >= 0.3 is 29.6 Å². The van der Waals surface area contributed by atoms with Gasteiger partial charge in [0.2, 0.25) is 0 Å². The summed E-state index contributed by atoms with van der Waals surface area (Å²) in [6.07, 6.45) is -0.189. The number of aliphatic carboxylic acids is 1. The minimum atomic E-state index is -1.15. The number of carbonyl (C=O) groups is 1. The molecule has 1 heterocycles. The van der Waals surface area contributed by atoms with Crippen molar-refractivity contribution < 1.29 is 43.8 Å². The largest absolute Gasteiger partial charge is 1.00 e. The Kier molecular flexibility index (Phi) is 5.27. The monoisotopic (exact) mass is 259 g/mol. The maximum absolute atomic E-state index is 12.7. The van der Waals surface area contributed by atoms with Crippen LogP contribution in [0.3, 0.4) is 0 Å². The van der Waals surface area contributed by atoms with E-state index in [1.165, 1.54) is 23.5 Å². The minimum absolute atomic E-state index is 0. The molecule has 1 aromatic heterocycles. The molecule has 0 aliphatic heterocycles. The van der Waals surface area contributed by atoms with Gasteiger partial charge in [0.25, 0.3) is 0 Å². The molecular formula is C11H7FNNaO2S.